The number of rotatable bonds is 7. The van der Waals surface area contributed by atoms with Crippen molar-refractivity contribution in [2.75, 3.05) is 4.90 Å². The van der Waals surface area contributed by atoms with Crippen LogP contribution in [0.4, 0.5) is 17.1 Å². The third-order valence-electron chi connectivity index (χ3n) is 10.5. The van der Waals surface area contributed by atoms with Crippen molar-refractivity contribution in [1.29, 1.82) is 0 Å². The molecule has 1 aromatic heterocycles. The molecule has 2 nitrogen and oxygen atoms in total. The summed E-state index contributed by atoms with van der Waals surface area (Å²) in [5, 5.41) is 4.73. The highest BCUT2D eigenvalue weighted by atomic mass is 16.3. The molecular formula is C52H35NO. The largest absolute Gasteiger partial charge is 0.456 e. The Bertz CT molecular complexity index is 2890. The number of furan rings is 1. The fraction of sp³-hybridized carbons (Fsp3) is 0. The van der Waals surface area contributed by atoms with E-state index < -0.39 is 0 Å². The molecule has 2 heteroatoms. The van der Waals surface area contributed by atoms with Crippen molar-refractivity contribution in [3.63, 3.8) is 0 Å². The second-order valence-corrected chi connectivity index (χ2v) is 13.7. The third kappa shape index (κ3) is 5.62. The predicted molar refractivity (Wildman–Crippen MR) is 228 cm³/mol. The van der Waals surface area contributed by atoms with Gasteiger partial charge in [-0.2, -0.15) is 0 Å². The van der Waals surface area contributed by atoms with Crippen molar-refractivity contribution in [2.24, 2.45) is 0 Å². The van der Waals surface area contributed by atoms with Crippen molar-refractivity contribution < 1.29 is 4.42 Å². The highest BCUT2D eigenvalue weighted by Gasteiger charge is 2.19. The first-order valence-corrected chi connectivity index (χ1v) is 18.4. The summed E-state index contributed by atoms with van der Waals surface area (Å²) in [4.78, 5) is 2.37. The third-order valence-corrected chi connectivity index (χ3v) is 10.5. The van der Waals surface area contributed by atoms with E-state index >= 15 is 0 Å². The molecule has 9 aromatic carbocycles. The quantitative estimate of drug-likeness (QED) is 0.166. The van der Waals surface area contributed by atoms with E-state index in [1.165, 1.54) is 49.5 Å². The minimum absolute atomic E-state index is 0.905. The van der Waals surface area contributed by atoms with Crippen LogP contribution in [0.5, 0.6) is 0 Å². The predicted octanol–water partition coefficient (Wildman–Crippen LogP) is 14.9. The molecule has 0 aliphatic rings. The molecular weight excluding hydrogens is 655 g/mol. The van der Waals surface area contributed by atoms with Crippen LogP contribution < -0.4 is 4.90 Å². The Hall–Kier alpha value is -7.16. The smallest absolute Gasteiger partial charge is 0.136 e. The Morgan fingerprint density at radius 2 is 0.741 bits per heavy atom. The maximum atomic E-state index is 6.41. The van der Waals surface area contributed by atoms with Crippen LogP contribution in [0.2, 0.25) is 0 Å². The first-order valence-electron chi connectivity index (χ1n) is 18.4. The number of anilines is 3. The van der Waals surface area contributed by atoms with Gasteiger partial charge in [0.25, 0.3) is 0 Å². The van der Waals surface area contributed by atoms with Gasteiger partial charge in [0, 0.05) is 27.7 Å². The molecule has 0 radical (unpaired) electrons. The Labute approximate surface area is 314 Å². The molecule has 10 aromatic rings. The average Bonchev–Trinajstić information content (AvgIpc) is 3.64. The van der Waals surface area contributed by atoms with Gasteiger partial charge in [-0.1, -0.05) is 170 Å². The van der Waals surface area contributed by atoms with Gasteiger partial charge in [0.2, 0.25) is 0 Å². The summed E-state index contributed by atoms with van der Waals surface area (Å²) < 4.78 is 6.41. The van der Waals surface area contributed by atoms with E-state index in [-0.39, 0.29) is 0 Å². The fourth-order valence-electron chi connectivity index (χ4n) is 7.86. The average molecular weight is 690 g/mol. The molecule has 0 saturated heterocycles. The molecule has 0 amide bonds. The van der Waals surface area contributed by atoms with E-state index in [1.807, 2.05) is 6.07 Å². The van der Waals surface area contributed by atoms with Gasteiger partial charge in [0.15, 0.2) is 0 Å². The van der Waals surface area contributed by atoms with E-state index in [4.69, 9.17) is 4.42 Å². The van der Waals surface area contributed by atoms with E-state index in [1.54, 1.807) is 0 Å². The molecule has 1 heterocycles. The SMILES string of the molecule is c1ccc(-c2ccc(-c3ccc(N(c4ccc(-c5cc6oc7ccccc7c6c6ccccc56)cc4)c4ccccc4-c4ccccc4)cc3)cc2)cc1. The maximum absolute atomic E-state index is 6.41. The van der Waals surface area contributed by atoms with E-state index in [0.29, 0.717) is 0 Å². The topological polar surface area (TPSA) is 16.4 Å². The zero-order valence-corrected chi connectivity index (χ0v) is 29.6. The molecule has 0 fully saturated rings. The van der Waals surface area contributed by atoms with Crippen LogP contribution in [0, 0.1) is 0 Å². The zero-order valence-electron chi connectivity index (χ0n) is 29.6. The normalized spacial score (nSPS) is 11.3. The van der Waals surface area contributed by atoms with Gasteiger partial charge in [-0.15, -0.1) is 0 Å². The summed E-state index contributed by atoms with van der Waals surface area (Å²) in [6, 6.07) is 75.8. The molecule has 0 aliphatic carbocycles. The van der Waals surface area contributed by atoms with Gasteiger partial charge in [-0.05, 0) is 92.2 Å². The number of nitrogens with zero attached hydrogens (tertiary/aromatic N) is 1. The Kier molecular flexibility index (Phi) is 7.85. The van der Waals surface area contributed by atoms with Crippen LogP contribution in [-0.2, 0) is 0 Å². The van der Waals surface area contributed by atoms with Gasteiger partial charge in [0.05, 0.1) is 5.69 Å². The van der Waals surface area contributed by atoms with E-state index in [9.17, 15) is 0 Å². The highest BCUT2D eigenvalue weighted by Crippen LogP contribution is 2.44. The van der Waals surface area contributed by atoms with E-state index in [2.05, 4.69) is 211 Å². The Balaban J connectivity index is 1.07. The van der Waals surface area contributed by atoms with Crippen LogP contribution in [-0.4, -0.2) is 0 Å². The van der Waals surface area contributed by atoms with Crippen LogP contribution in [0.15, 0.2) is 217 Å². The molecule has 54 heavy (non-hydrogen) atoms. The summed E-state index contributed by atoms with van der Waals surface area (Å²) in [7, 11) is 0. The standard InChI is InChI=1S/C52H35NO/c1-3-13-36(14-4-1)37-23-25-38(26-24-37)39-27-31-42(32-28-39)53(49-21-11-9-17-44(49)40-15-5-2-6-16-40)43-33-29-41(30-34-43)48-35-51-52(46-19-8-7-18-45(46)48)47-20-10-12-22-50(47)54-51/h1-35H. The molecule has 0 saturated carbocycles. The summed E-state index contributed by atoms with van der Waals surface area (Å²) >= 11 is 0. The van der Waals surface area contributed by atoms with Crippen LogP contribution in [0.1, 0.15) is 0 Å². The molecule has 0 N–H and O–H groups in total. The van der Waals surface area contributed by atoms with Gasteiger partial charge in [0.1, 0.15) is 11.2 Å². The summed E-state index contributed by atoms with van der Waals surface area (Å²) in [5.41, 5.74) is 14.6. The molecule has 10 rings (SSSR count). The summed E-state index contributed by atoms with van der Waals surface area (Å²) in [6.45, 7) is 0. The van der Waals surface area contributed by atoms with Gasteiger partial charge < -0.3 is 9.32 Å². The first-order chi connectivity index (χ1) is 26.8. The second kappa shape index (κ2) is 13.4. The minimum Gasteiger partial charge on any atom is -0.456 e. The highest BCUT2D eigenvalue weighted by molar-refractivity contribution is 6.22. The Morgan fingerprint density at radius 1 is 0.296 bits per heavy atom. The van der Waals surface area contributed by atoms with Crippen molar-refractivity contribution in [3.05, 3.63) is 212 Å². The first kappa shape index (κ1) is 31.6. The molecule has 0 spiro atoms. The lowest BCUT2D eigenvalue weighted by Crippen LogP contribution is -2.11. The van der Waals surface area contributed by atoms with Crippen LogP contribution >= 0.6 is 0 Å². The Morgan fingerprint density at radius 3 is 1.39 bits per heavy atom. The summed E-state index contributed by atoms with van der Waals surface area (Å²) in [5.74, 6) is 0. The number of fused-ring (bicyclic) bond motifs is 5. The maximum Gasteiger partial charge on any atom is 0.136 e. The lowest BCUT2D eigenvalue weighted by Gasteiger charge is -2.28. The minimum atomic E-state index is 0.905. The summed E-state index contributed by atoms with van der Waals surface area (Å²) in [6.07, 6.45) is 0. The van der Waals surface area contributed by atoms with E-state index in [0.717, 1.165) is 44.7 Å². The van der Waals surface area contributed by atoms with Crippen molar-refractivity contribution in [2.45, 2.75) is 0 Å². The van der Waals surface area contributed by atoms with Crippen molar-refractivity contribution >= 4 is 49.8 Å². The van der Waals surface area contributed by atoms with Crippen molar-refractivity contribution in [3.8, 4) is 44.5 Å². The van der Waals surface area contributed by atoms with Crippen LogP contribution in [0.25, 0.3) is 77.2 Å². The molecule has 0 unspecified atom stereocenters. The number of hydrogen-bond donors (Lipinski definition) is 0. The van der Waals surface area contributed by atoms with Crippen molar-refractivity contribution in [1.82, 2.24) is 0 Å². The fourth-order valence-corrected chi connectivity index (χ4v) is 7.86. The number of benzene rings is 9. The second-order valence-electron chi connectivity index (χ2n) is 13.7. The number of hydrogen-bond acceptors (Lipinski definition) is 2. The van der Waals surface area contributed by atoms with Gasteiger partial charge in [-0.25, -0.2) is 0 Å². The van der Waals surface area contributed by atoms with Gasteiger partial charge in [-0.3, -0.25) is 0 Å². The molecule has 0 bridgehead atoms. The zero-order chi connectivity index (χ0) is 35.8. The molecule has 0 atom stereocenters. The van der Waals surface area contributed by atoms with Gasteiger partial charge >= 0.3 is 0 Å². The lowest BCUT2D eigenvalue weighted by atomic mass is 9.94. The number of para-hydroxylation sites is 2. The molecule has 0 aliphatic heterocycles. The monoisotopic (exact) mass is 689 g/mol. The lowest BCUT2D eigenvalue weighted by molar-refractivity contribution is 0.669. The van der Waals surface area contributed by atoms with Crippen LogP contribution in [0.3, 0.4) is 0 Å². The molecule has 254 valence electrons.